The lowest BCUT2D eigenvalue weighted by Gasteiger charge is -2.50. The molecule has 2 N–H and O–H groups in total. The van der Waals surface area contributed by atoms with E-state index in [0.29, 0.717) is 17.2 Å². The van der Waals surface area contributed by atoms with Gasteiger partial charge in [-0.2, -0.15) is 18.3 Å². The van der Waals surface area contributed by atoms with Crippen LogP contribution in [0.1, 0.15) is 37.2 Å². The van der Waals surface area contributed by atoms with Crippen molar-refractivity contribution in [2.24, 2.45) is 11.3 Å². The minimum atomic E-state index is -4.46. The van der Waals surface area contributed by atoms with E-state index in [1.165, 1.54) is 31.9 Å². The summed E-state index contributed by atoms with van der Waals surface area (Å²) in [6.07, 6.45) is 2.28. The van der Waals surface area contributed by atoms with Gasteiger partial charge in [0, 0.05) is 12.6 Å². The first kappa shape index (κ1) is 14.9. The molecule has 1 aliphatic heterocycles. The van der Waals surface area contributed by atoms with Crippen molar-refractivity contribution in [1.82, 2.24) is 25.5 Å². The van der Waals surface area contributed by atoms with Crippen LogP contribution in [0.5, 0.6) is 0 Å². The average Bonchev–Trinajstić information content (AvgIpc) is 2.90. The van der Waals surface area contributed by atoms with Crippen LogP contribution in [0.25, 0.3) is 11.0 Å². The molecule has 0 bridgehead atoms. The quantitative estimate of drug-likeness (QED) is 0.891. The Labute approximate surface area is 131 Å². The van der Waals surface area contributed by atoms with Gasteiger partial charge in [0.1, 0.15) is 5.82 Å². The Hall–Kier alpha value is -1.70. The lowest BCUT2D eigenvalue weighted by Crippen LogP contribution is -2.46. The zero-order chi connectivity index (χ0) is 16.1. The van der Waals surface area contributed by atoms with E-state index in [1.807, 2.05) is 5.10 Å². The summed E-state index contributed by atoms with van der Waals surface area (Å²) >= 11 is 0. The van der Waals surface area contributed by atoms with Crippen molar-refractivity contribution in [2.75, 3.05) is 13.1 Å². The Morgan fingerprint density at radius 2 is 1.96 bits per heavy atom. The van der Waals surface area contributed by atoms with E-state index in [9.17, 15) is 13.2 Å². The van der Waals surface area contributed by atoms with Crippen LogP contribution in [0.4, 0.5) is 13.2 Å². The van der Waals surface area contributed by atoms with Gasteiger partial charge in [0.05, 0.1) is 5.39 Å². The lowest BCUT2D eigenvalue weighted by atomic mass is 9.57. The van der Waals surface area contributed by atoms with Crippen LogP contribution in [0, 0.1) is 11.3 Å². The SMILES string of the molecule is FC(F)(F)c1[nH]nc2nc(CC3CC4(CCNCC4)C3)ncc12. The molecule has 8 heteroatoms. The third kappa shape index (κ3) is 2.69. The van der Waals surface area contributed by atoms with Gasteiger partial charge in [-0.1, -0.05) is 0 Å². The van der Waals surface area contributed by atoms with E-state index in [0.717, 1.165) is 19.5 Å². The molecule has 1 aliphatic carbocycles. The zero-order valence-electron chi connectivity index (χ0n) is 12.6. The molecule has 2 aromatic rings. The largest absolute Gasteiger partial charge is 0.433 e. The second-order valence-corrected chi connectivity index (χ2v) is 6.85. The molecule has 23 heavy (non-hydrogen) atoms. The highest BCUT2D eigenvalue weighted by atomic mass is 19.4. The van der Waals surface area contributed by atoms with Crippen LogP contribution in [0.2, 0.25) is 0 Å². The van der Waals surface area contributed by atoms with Gasteiger partial charge in [0.25, 0.3) is 0 Å². The lowest BCUT2D eigenvalue weighted by molar-refractivity contribution is -0.139. The topological polar surface area (TPSA) is 66.5 Å². The van der Waals surface area contributed by atoms with E-state index in [1.54, 1.807) is 0 Å². The second kappa shape index (κ2) is 5.15. The minimum absolute atomic E-state index is 0.0651. The number of nitrogens with one attached hydrogen (secondary N) is 2. The van der Waals surface area contributed by atoms with E-state index in [2.05, 4.69) is 20.4 Å². The van der Waals surface area contributed by atoms with Crippen LogP contribution in [0.15, 0.2) is 6.20 Å². The molecule has 0 aromatic carbocycles. The average molecular weight is 325 g/mol. The Kier molecular flexibility index (Phi) is 3.33. The van der Waals surface area contributed by atoms with Gasteiger partial charge < -0.3 is 5.32 Å². The molecular formula is C15H18F3N5. The normalized spacial score (nSPS) is 21.7. The van der Waals surface area contributed by atoms with Crippen LogP contribution in [-0.2, 0) is 12.6 Å². The molecule has 4 rings (SSSR count). The summed E-state index contributed by atoms with van der Waals surface area (Å²) in [5.74, 6) is 1.12. The Morgan fingerprint density at radius 1 is 1.22 bits per heavy atom. The van der Waals surface area contributed by atoms with Crippen molar-refractivity contribution >= 4 is 11.0 Å². The van der Waals surface area contributed by atoms with Gasteiger partial charge in [0.15, 0.2) is 11.3 Å². The van der Waals surface area contributed by atoms with Gasteiger partial charge in [0.2, 0.25) is 0 Å². The number of rotatable bonds is 2. The number of nitrogens with zero attached hydrogens (tertiary/aromatic N) is 3. The summed E-state index contributed by atoms with van der Waals surface area (Å²) in [4.78, 5) is 8.32. The van der Waals surface area contributed by atoms with Crippen LogP contribution in [0.3, 0.4) is 0 Å². The number of H-pyrrole nitrogens is 1. The fraction of sp³-hybridized carbons (Fsp3) is 0.667. The number of hydrogen-bond donors (Lipinski definition) is 2. The van der Waals surface area contributed by atoms with Gasteiger partial charge in [-0.05, 0) is 50.1 Å². The fourth-order valence-electron chi connectivity index (χ4n) is 4.09. The molecule has 5 nitrogen and oxygen atoms in total. The summed E-state index contributed by atoms with van der Waals surface area (Å²) in [6.45, 7) is 2.17. The van der Waals surface area contributed by atoms with Gasteiger partial charge in [-0.3, -0.25) is 5.10 Å². The minimum Gasteiger partial charge on any atom is -0.317 e. The van der Waals surface area contributed by atoms with E-state index < -0.39 is 11.9 Å². The third-order valence-electron chi connectivity index (χ3n) is 5.22. The Balaban J connectivity index is 1.46. The van der Waals surface area contributed by atoms with Crippen molar-refractivity contribution in [2.45, 2.75) is 38.3 Å². The van der Waals surface area contributed by atoms with E-state index in [4.69, 9.17) is 0 Å². The predicted octanol–water partition coefficient (Wildman–Crippen LogP) is 2.69. The van der Waals surface area contributed by atoms with Crippen molar-refractivity contribution in [3.8, 4) is 0 Å². The van der Waals surface area contributed by atoms with Gasteiger partial charge >= 0.3 is 6.18 Å². The number of halogens is 3. The van der Waals surface area contributed by atoms with Crippen LogP contribution >= 0.6 is 0 Å². The summed E-state index contributed by atoms with van der Waals surface area (Å²) in [7, 11) is 0. The van der Waals surface area contributed by atoms with Crippen molar-refractivity contribution in [1.29, 1.82) is 0 Å². The smallest absolute Gasteiger partial charge is 0.317 e. The molecule has 1 saturated carbocycles. The maximum Gasteiger partial charge on any atom is 0.433 e. The standard InChI is InChI=1S/C15H18F3N5/c16-15(17,18)12-10-8-20-11(21-13(10)23-22-12)5-9-6-14(7-9)1-3-19-4-2-14/h8-9,19H,1-7H2,(H,20,21,22,23). The van der Waals surface area contributed by atoms with Crippen molar-refractivity contribution < 1.29 is 13.2 Å². The van der Waals surface area contributed by atoms with Gasteiger partial charge in [-0.15, -0.1) is 0 Å². The maximum atomic E-state index is 12.8. The molecule has 1 spiro atoms. The molecular weight excluding hydrogens is 307 g/mol. The number of fused-ring (bicyclic) bond motifs is 1. The third-order valence-corrected chi connectivity index (χ3v) is 5.22. The molecule has 1 saturated heterocycles. The Bertz CT molecular complexity index is 709. The number of alkyl halides is 3. The number of hydrogen-bond acceptors (Lipinski definition) is 4. The fourth-order valence-corrected chi connectivity index (χ4v) is 4.09. The molecule has 0 amide bonds. The van der Waals surface area contributed by atoms with Crippen LogP contribution in [-0.4, -0.2) is 33.3 Å². The number of piperidine rings is 1. The molecule has 124 valence electrons. The summed E-state index contributed by atoms with van der Waals surface area (Å²) < 4.78 is 38.4. The second-order valence-electron chi connectivity index (χ2n) is 6.85. The highest BCUT2D eigenvalue weighted by Gasteiger charge is 2.44. The highest BCUT2D eigenvalue weighted by molar-refractivity contribution is 5.77. The summed E-state index contributed by atoms with van der Waals surface area (Å²) in [6, 6.07) is 0. The molecule has 2 aromatic heterocycles. The van der Waals surface area contributed by atoms with Crippen molar-refractivity contribution in [3.05, 3.63) is 17.7 Å². The molecule has 0 radical (unpaired) electrons. The van der Waals surface area contributed by atoms with Crippen LogP contribution < -0.4 is 5.32 Å². The van der Waals surface area contributed by atoms with Gasteiger partial charge in [-0.25, -0.2) is 9.97 Å². The molecule has 3 heterocycles. The molecule has 2 aliphatic rings. The first-order chi connectivity index (χ1) is 11.0. The molecule has 2 fully saturated rings. The first-order valence-corrected chi connectivity index (χ1v) is 7.93. The molecule has 0 unspecified atom stereocenters. The summed E-state index contributed by atoms with van der Waals surface area (Å²) in [5.41, 5.74) is -0.301. The van der Waals surface area contributed by atoms with E-state index >= 15 is 0 Å². The van der Waals surface area contributed by atoms with E-state index in [-0.39, 0.29) is 11.0 Å². The predicted molar refractivity (Wildman–Crippen MR) is 77.7 cm³/mol. The Morgan fingerprint density at radius 3 is 2.65 bits per heavy atom. The zero-order valence-corrected chi connectivity index (χ0v) is 12.6. The van der Waals surface area contributed by atoms with Crippen molar-refractivity contribution in [3.63, 3.8) is 0 Å². The first-order valence-electron chi connectivity index (χ1n) is 7.93. The number of aromatic amines is 1. The highest BCUT2D eigenvalue weighted by Crippen LogP contribution is 2.52. The maximum absolute atomic E-state index is 12.8. The monoisotopic (exact) mass is 325 g/mol. The summed E-state index contributed by atoms with van der Waals surface area (Å²) in [5, 5.41) is 9.01. The number of aromatic nitrogens is 4. The molecule has 0 atom stereocenters.